The lowest BCUT2D eigenvalue weighted by molar-refractivity contribution is 0.195. The number of nitrogens with zero attached hydrogens (tertiary/aromatic N) is 5. The molecule has 2 aromatic heterocycles. The second-order valence-electron chi connectivity index (χ2n) is 8.70. The Bertz CT molecular complexity index is 1850. The van der Waals surface area contributed by atoms with E-state index in [4.69, 9.17) is 4.74 Å². The molecule has 0 amide bonds. The zero-order valence-corrected chi connectivity index (χ0v) is 23.7. The average Bonchev–Trinajstić information content (AvgIpc) is 3.33. The van der Waals surface area contributed by atoms with Crippen molar-refractivity contribution in [1.29, 1.82) is 0 Å². The van der Waals surface area contributed by atoms with Crippen molar-refractivity contribution in [1.82, 2.24) is 19.7 Å². The van der Waals surface area contributed by atoms with E-state index in [0.29, 0.717) is 15.0 Å². The Morgan fingerprint density at radius 3 is 2.31 bits per heavy atom. The second kappa shape index (κ2) is 11.8. The Kier molecular flexibility index (Phi) is 8.20. The summed E-state index contributed by atoms with van der Waals surface area (Å²) < 4.78 is 78.8. The number of imidazole rings is 1. The molecule has 5 rings (SSSR count). The number of anilines is 1. The predicted octanol–water partition coefficient (Wildman–Crippen LogP) is 5.85. The van der Waals surface area contributed by atoms with E-state index < -0.39 is 44.8 Å². The summed E-state index contributed by atoms with van der Waals surface area (Å²) >= 11 is 1.25. The summed E-state index contributed by atoms with van der Waals surface area (Å²) in [4.78, 5) is 11.8. The zero-order chi connectivity index (χ0) is 30.0. The van der Waals surface area contributed by atoms with Crippen LogP contribution in [-0.2, 0) is 14.8 Å². The Morgan fingerprint density at radius 2 is 1.64 bits per heavy atom. The van der Waals surface area contributed by atoms with Gasteiger partial charge in [0.2, 0.25) is 0 Å². The van der Waals surface area contributed by atoms with Crippen molar-refractivity contribution in [3.8, 4) is 34.0 Å². The molecule has 0 atom stereocenters. The first-order valence-electron chi connectivity index (χ1n) is 12.2. The second-order valence-corrected chi connectivity index (χ2v) is 11.3. The first-order valence-corrected chi connectivity index (χ1v) is 14.8. The van der Waals surface area contributed by atoms with Crippen LogP contribution in [0.4, 0.5) is 18.9 Å². The minimum absolute atomic E-state index is 0.00361. The normalized spacial score (nSPS) is 11.5. The minimum Gasteiger partial charge on any atom is -0.426 e. The molecule has 0 aliphatic carbocycles. The van der Waals surface area contributed by atoms with Gasteiger partial charge in [0, 0.05) is 24.4 Å². The van der Waals surface area contributed by atoms with Gasteiger partial charge in [-0.3, -0.25) is 0 Å². The highest BCUT2D eigenvalue weighted by molar-refractivity contribution is 7.98. The van der Waals surface area contributed by atoms with Crippen LogP contribution in [-0.4, -0.2) is 53.4 Å². The smallest absolute Gasteiger partial charge is 0.272 e. The Hall–Kier alpha value is -4.40. The molecule has 2 heterocycles. The van der Waals surface area contributed by atoms with Crippen LogP contribution < -0.4 is 4.31 Å². The highest BCUT2D eigenvalue weighted by Crippen LogP contribution is 2.39. The van der Waals surface area contributed by atoms with Gasteiger partial charge in [-0.05, 0) is 36.6 Å². The van der Waals surface area contributed by atoms with E-state index in [0.717, 1.165) is 36.1 Å². The number of ether oxygens (including phenoxy) is 1. The molecule has 0 radical (unpaired) electrons. The quantitative estimate of drug-likeness (QED) is 0.0955. The standard InChI is InChI=1S/C28H22F3N5O4S2/c1-40-16-35(42(38,39)26-19(29)11-7-12-20(26)30)22-13-6-10-18(23(22)31)24-25(21-14-15-32-28(33-21)41-2)36(37)27(34-24)17-8-4-3-5-9-17/h3-15,37H,16H2,1-2H3. The number of aromatic nitrogens is 4. The van der Waals surface area contributed by atoms with Gasteiger partial charge >= 0.3 is 0 Å². The first-order chi connectivity index (χ1) is 20.2. The van der Waals surface area contributed by atoms with Gasteiger partial charge in [-0.2, -0.15) is 4.73 Å². The van der Waals surface area contributed by atoms with Crippen molar-refractivity contribution < 1.29 is 31.5 Å². The van der Waals surface area contributed by atoms with Crippen molar-refractivity contribution in [3.05, 3.63) is 96.4 Å². The van der Waals surface area contributed by atoms with E-state index in [-0.39, 0.29) is 28.5 Å². The van der Waals surface area contributed by atoms with Crippen molar-refractivity contribution >= 4 is 27.5 Å². The largest absolute Gasteiger partial charge is 0.426 e. The Labute approximate surface area is 243 Å². The fourth-order valence-electron chi connectivity index (χ4n) is 4.30. The molecule has 0 aliphatic heterocycles. The summed E-state index contributed by atoms with van der Waals surface area (Å²) in [7, 11) is -3.85. The summed E-state index contributed by atoms with van der Waals surface area (Å²) in [6.07, 6.45) is 3.23. The molecule has 0 bridgehead atoms. The van der Waals surface area contributed by atoms with Gasteiger partial charge in [-0.15, -0.1) is 0 Å². The van der Waals surface area contributed by atoms with Gasteiger partial charge in [-0.1, -0.05) is 54.2 Å². The molecule has 0 unspecified atom stereocenters. The molecule has 9 nitrogen and oxygen atoms in total. The van der Waals surface area contributed by atoms with Crippen LogP contribution in [0.1, 0.15) is 0 Å². The average molecular weight is 614 g/mol. The molecule has 5 aromatic rings. The molecule has 3 aromatic carbocycles. The summed E-state index contributed by atoms with van der Waals surface area (Å²) in [6.45, 7) is -0.768. The third kappa shape index (κ3) is 5.19. The fraction of sp³-hybridized carbons (Fsp3) is 0.107. The van der Waals surface area contributed by atoms with E-state index in [1.165, 1.54) is 36.2 Å². The topological polar surface area (TPSA) is 110 Å². The third-order valence-corrected chi connectivity index (χ3v) is 8.51. The molecule has 14 heteroatoms. The van der Waals surface area contributed by atoms with Crippen molar-refractivity contribution in [2.45, 2.75) is 10.1 Å². The van der Waals surface area contributed by atoms with Crippen molar-refractivity contribution in [2.75, 3.05) is 24.4 Å². The highest BCUT2D eigenvalue weighted by Gasteiger charge is 2.34. The monoisotopic (exact) mass is 613 g/mol. The van der Waals surface area contributed by atoms with Crippen LogP contribution >= 0.6 is 11.8 Å². The van der Waals surface area contributed by atoms with Gasteiger partial charge in [0.05, 0.1) is 11.4 Å². The van der Waals surface area contributed by atoms with Gasteiger partial charge in [-0.25, -0.2) is 40.8 Å². The van der Waals surface area contributed by atoms with E-state index in [1.807, 2.05) is 0 Å². The summed E-state index contributed by atoms with van der Waals surface area (Å²) in [5, 5.41) is 11.7. The minimum atomic E-state index is -5.00. The number of sulfonamides is 1. The Balaban J connectivity index is 1.75. The van der Waals surface area contributed by atoms with Gasteiger partial charge < -0.3 is 9.94 Å². The van der Waals surface area contributed by atoms with Gasteiger partial charge in [0.15, 0.2) is 21.7 Å². The molecule has 0 spiro atoms. The molecular formula is C28H22F3N5O4S2. The lowest BCUT2D eigenvalue weighted by Crippen LogP contribution is -2.34. The third-order valence-electron chi connectivity index (χ3n) is 6.16. The predicted molar refractivity (Wildman–Crippen MR) is 151 cm³/mol. The van der Waals surface area contributed by atoms with E-state index >= 15 is 4.39 Å². The van der Waals surface area contributed by atoms with E-state index in [2.05, 4.69) is 15.0 Å². The lowest BCUT2D eigenvalue weighted by Gasteiger charge is -2.25. The lowest BCUT2D eigenvalue weighted by atomic mass is 10.1. The molecule has 0 saturated carbocycles. The number of hydrogen-bond acceptors (Lipinski definition) is 8. The molecule has 1 N–H and O–H groups in total. The van der Waals surface area contributed by atoms with E-state index in [9.17, 15) is 22.4 Å². The van der Waals surface area contributed by atoms with Crippen LogP contribution in [0.3, 0.4) is 0 Å². The number of rotatable bonds is 9. The maximum absolute atomic E-state index is 16.4. The summed E-state index contributed by atoms with van der Waals surface area (Å²) in [5.41, 5.74) is -0.147. The van der Waals surface area contributed by atoms with Crippen LogP contribution in [0, 0.1) is 17.5 Å². The van der Waals surface area contributed by atoms with Crippen LogP contribution in [0.25, 0.3) is 34.0 Å². The number of benzene rings is 3. The zero-order valence-electron chi connectivity index (χ0n) is 22.1. The SMILES string of the molecule is COCN(c1cccc(-c2nc(-c3ccccc3)n(O)c2-c2ccnc(SC)n2)c1F)S(=O)(=O)c1c(F)cccc1F. The number of thioether (sulfide) groups is 1. The fourth-order valence-corrected chi connectivity index (χ4v) is 6.14. The first kappa shape index (κ1) is 29.1. The molecule has 42 heavy (non-hydrogen) atoms. The maximum Gasteiger partial charge on any atom is 0.272 e. The van der Waals surface area contributed by atoms with Gasteiger partial charge in [0.1, 0.15) is 29.8 Å². The molecule has 216 valence electrons. The molecule has 0 fully saturated rings. The van der Waals surface area contributed by atoms with Crippen LogP contribution in [0.2, 0.25) is 0 Å². The van der Waals surface area contributed by atoms with Gasteiger partial charge in [0.25, 0.3) is 10.0 Å². The highest BCUT2D eigenvalue weighted by atomic mass is 32.2. The van der Waals surface area contributed by atoms with Crippen LogP contribution in [0.15, 0.2) is 89.0 Å². The van der Waals surface area contributed by atoms with Crippen molar-refractivity contribution in [2.24, 2.45) is 0 Å². The number of halogens is 3. The Morgan fingerprint density at radius 1 is 0.952 bits per heavy atom. The summed E-state index contributed by atoms with van der Waals surface area (Å²) in [5.74, 6) is -3.75. The molecule has 0 aliphatic rings. The van der Waals surface area contributed by atoms with Crippen LogP contribution in [0.5, 0.6) is 0 Å². The number of methoxy groups -OCH3 is 1. The summed E-state index contributed by atoms with van der Waals surface area (Å²) in [6, 6.07) is 16.5. The number of hydrogen-bond donors (Lipinski definition) is 1. The molecular weight excluding hydrogens is 591 g/mol. The van der Waals surface area contributed by atoms with E-state index in [1.54, 1.807) is 36.6 Å². The van der Waals surface area contributed by atoms with Crippen molar-refractivity contribution in [3.63, 3.8) is 0 Å². The molecule has 0 saturated heterocycles. The maximum atomic E-state index is 16.4.